The number of pyridine rings is 1. The molecule has 1 fully saturated rings. The first kappa shape index (κ1) is 25.9. The minimum Gasteiger partial charge on any atom is -0.480 e. The molecule has 0 unspecified atom stereocenters. The predicted octanol–water partition coefficient (Wildman–Crippen LogP) is 2.70. The highest BCUT2D eigenvalue weighted by atomic mass is 19.4. The number of fused-ring (bicyclic) bond motifs is 1. The molecule has 11 nitrogen and oxygen atoms in total. The van der Waals surface area contributed by atoms with Crippen LogP contribution in [-0.2, 0) is 10.9 Å². The molecule has 0 aliphatic carbocycles. The van der Waals surface area contributed by atoms with Crippen molar-refractivity contribution in [2.45, 2.75) is 38.3 Å². The molecule has 4 heterocycles. The third-order valence-electron chi connectivity index (χ3n) is 5.63. The molecular formula is C22H23F4N7O4. The van der Waals surface area contributed by atoms with Gasteiger partial charge in [0, 0.05) is 18.3 Å². The van der Waals surface area contributed by atoms with Crippen LogP contribution >= 0.6 is 0 Å². The van der Waals surface area contributed by atoms with Gasteiger partial charge in [-0.3, -0.25) is 4.79 Å². The Balaban J connectivity index is 1.66. The maximum atomic E-state index is 14.6. The van der Waals surface area contributed by atoms with Crippen LogP contribution in [0.25, 0.3) is 16.8 Å². The monoisotopic (exact) mass is 525 g/mol. The van der Waals surface area contributed by atoms with Crippen molar-refractivity contribution in [2.24, 2.45) is 0 Å². The maximum Gasteiger partial charge on any atom is 0.418 e. The Morgan fingerprint density at radius 3 is 2.59 bits per heavy atom. The number of hydrogen-bond donors (Lipinski definition) is 2. The zero-order valence-corrected chi connectivity index (χ0v) is 19.9. The van der Waals surface area contributed by atoms with E-state index >= 15 is 0 Å². The minimum atomic E-state index is -4.76. The van der Waals surface area contributed by atoms with Gasteiger partial charge in [0.05, 0.1) is 37.1 Å². The van der Waals surface area contributed by atoms with E-state index in [9.17, 15) is 27.2 Å². The van der Waals surface area contributed by atoms with Crippen molar-refractivity contribution in [2.75, 3.05) is 25.9 Å². The lowest BCUT2D eigenvalue weighted by Gasteiger charge is -2.18. The first-order chi connectivity index (χ1) is 17.4. The lowest BCUT2D eigenvalue weighted by molar-refractivity contribution is -0.136. The summed E-state index contributed by atoms with van der Waals surface area (Å²) < 4.78 is 66.8. The van der Waals surface area contributed by atoms with E-state index in [1.165, 1.54) is 19.4 Å². The van der Waals surface area contributed by atoms with E-state index in [1.807, 2.05) is 0 Å². The number of halogens is 4. The number of carbonyl (C=O) groups is 2. The van der Waals surface area contributed by atoms with E-state index in [2.05, 4.69) is 20.4 Å². The van der Waals surface area contributed by atoms with Crippen molar-refractivity contribution in [3.63, 3.8) is 0 Å². The van der Waals surface area contributed by atoms with Gasteiger partial charge >= 0.3 is 12.3 Å². The molecule has 3 aromatic heterocycles. The van der Waals surface area contributed by atoms with E-state index in [0.717, 1.165) is 21.8 Å². The van der Waals surface area contributed by atoms with E-state index in [4.69, 9.17) is 15.2 Å². The SMILES string of the molecule is COc1ncc(-c2cc(C(F)(F)F)c3c(N)ncnn23)cc1C(=O)N[C@@H]1CN(C(=O)OC(C)C)C[C@@H]1F. The van der Waals surface area contributed by atoms with E-state index in [-0.39, 0.29) is 41.6 Å². The van der Waals surface area contributed by atoms with Crippen molar-refractivity contribution >= 4 is 23.3 Å². The second kappa shape index (κ2) is 9.71. The molecule has 2 atom stereocenters. The number of amides is 2. The van der Waals surface area contributed by atoms with E-state index < -0.39 is 47.6 Å². The van der Waals surface area contributed by atoms with Crippen molar-refractivity contribution in [3.05, 3.63) is 35.8 Å². The summed E-state index contributed by atoms with van der Waals surface area (Å²) in [5.41, 5.74) is 4.02. The largest absolute Gasteiger partial charge is 0.480 e. The fourth-order valence-corrected chi connectivity index (χ4v) is 3.98. The van der Waals surface area contributed by atoms with E-state index in [1.54, 1.807) is 13.8 Å². The number of alkyl halides is 4. The van der Waals surface area contributed by atoms with Gasteiger partial charge in [-0.2, -0.15) is 18.3 Å². The van der Waals surface area contributed by atoms with Gasteiger partial charge in [0.1, 0.15) is 23.6 Å². The molecule has 0 aromatic carbocycles. The van der Waals surface area contributed by atoms with Gasteiger partial charge in [-0.15, -0.1) is 0 Å². The average molecular weight is 525 g/mol. The quantitative estimate of drug-likeness (QED) is 0.485. The van der Waals surface area contributed by atoms with Gasteiger partial charge < -0.3 is 25.4 Å². The summed E-state index contributed by atoms with van der Waals surface area (Å²) in [7, 11) is 1.25. The number of aromatic nitrogens is 4. The molecule has 0 saturated carbocycles. The Hall–Kier alpha value is -4.17. The van der Waals surface area contributed by atoms with Crippen LogP contribution in [0.1, 0.15) is 29.8 Å². The molecule has 37 heavy (non-hydrogen) atoms. The molecule has 2 amide bonds. The standard InChI is InChI=1S/C22H23F4N7O4/c1-10(2)37-21(35)32-7-14(23)15(8-32)31-19(34)12-4-11(6-28-20(12)36-3)16-5-13(22(24,25)26)17-18(27)29-9-30-33(16)17/h4-6,9-10,14-15H,7-8H2,1-3H3,(H,31,34)(H2,27,29,30)/t14-,15+/m0/s1. The fraction of sp³-hybridized carbons (Fsp3) is 0.409. The number of anilines is 1. The summed E-state index contributed by atoms with van der Waals surface area (Å²) in [5.74, 6) is -1.33. The number of methoxy groups -OCH3 is 1. The molecule has 1 aliphatic rings. The molecule has 3 N–H and O–H groups in total. The Bertz CT molecular complexity index is 1340. The number of rotatable bonds is 5. The first-order valence-corrected chi connectivity index (χ1v) is 11.0. The molecule has 15 heteroatoms. The smallest absolute Gasteiger partial charge is 0.418 e. The molecule has 198 valence electrons. The Morgan fingerprint density at radius 2 is 1.95 bits per heavy atom. The van der Waals surface area contributed by atoms with Crippen LogP contribution in [-0.4, -0.2) is 75.0 Å². The highest BCUT2D eigenvalue weighted by Gasteiger charge is 2.39. The first-order valence-electron chi connectivity index (χ1n) is 11.0. The molecule has 1 aliphatic heterocycles. The summed E-state index contributed by atoms with van der Waals surface area (Å²) in [6, 6.07) is 1.01. The third kappa shape index (κ3) is 5.06. The van der Waals surface area contributed by atoms with Crippen LogP contribution in [0.5, 0.6) is 5.88 Å². The van der Waals surface area contributed by atoms with Gasteiger partial charge in [-0.25, -0.2) is 23.7 Å². The molecule has 4 rings (SSSR count). The lowest BCUT2D eigenvalue weighted by atomic mass is 10.1. The van der Waals surface area contributed by atoms with Gasteiger partial charge in [0.25, 0.3) is 5.91 Å². The highest BCUT2D eigenvalue weighted by molar-refractivity contribution is 5.98. The van der Waals surface area contributed by atoms with Gasteiger partial charge in [-0.1, -0.05) is 0 Å². The topological polar surface area (TPSA) is 137 Å². The van der Waals surface area contributed by atoms with Crippen molar-refractivity contribution in [3.8, 4) is 17.1 Å². The van der Waals surface area contributed by atoms with Gasteiger partial charge in [0.15, 0.2) is 5.82 Å². The molecule has 0 spiro atoms. The van der Waals surface area contributed by atoms with Crippen LogP contribution < -0.4 is 15.8 Å². The number of nitrogens with zero attached hydrogens (tertiary/aromatic N) is 5. The maximum absolute atomic E-state index is 14.6. The van der Waals surface area contributed by atoms with Crippen LogP contribution in [0, 0.1) is 0 Å². The number of carbonyl (C=O) groups excluding carboxylic acids is 2. The zero-order valence-electron chi connectivity index (χ0n) is 19.9. The van der Waals surface area contributed by atoms with Crippen LogP contribution in [0.4, 0.5) is 28.2 Å². The molecule has 0 bridgehead atoms. The second-order valence-electron chi connectivity index (χ2n) is 8.56. The van der Waals surface area contributed by atoms with Crippen molar-refractivity contribution in [1.82, 2.24) is 29.8 Å². The summed E-state index contributed by atoms with van der Waals surface area (Å²) in [6.45, 7) is 2.89. The van der Waals surface area contributed by atoms with Crippen molar-refractivity contribution in [1.29, 1.82) is 0 Å². The Labute approximate surface area is 207 Å². The van der Waals surface area contributed by atoms with E-state index in [0.29, 0.717) is 0 Å². The highest BCUT2D eigenvalue weighted by Crippen LogP contribution is 2.39. The summed E-state index contributed by atoms with van der Waals surface area (Å²) in [4.78, 5) is 34.0. The fourth-order valence-electron chi connectivity index (χ4n) is 3.98. The lowest BCUT2D eigenvalue weighted by Crippen LogP contribution is -2.42. The van der Waals surface area contributed by atoms with Gasteiger partial charge in [0.2, 0.25) is 5.88 Å². The van der Waals surface area contributed by atoms with Crippen LogP contribution in [0.3, 0.4) is 0 Å². The second-order valence-corrected chi connectivity index (χ2v) is 8.56. The zero-order chi connectivity index (χ0) is 27.1. The van der Waals surface area contributed by atoms with Crippen LogP contribution in [0.15, 0.2) is 24.7 Å². The number of nitrogen functional groups attached to an aromatic ring is 1. The number of nitrogens with one attached hydrogen (secondary N) is 1. The minimum absolute atomic E-state index is 0.0625. The molecule has 0 radical (unpaired) electrons. The Morgan fingerprint density at radius 1 is 1.22 bits per heavy atom. The van der Waals surface area contributed by atoms with Crippen LogP contribution in [0.2, 0.25) is 0 Å². The number of nitrogens with two attached hydrogens (primary N) is 1. The molecular weight excluding hydrogens is 502 g/mol. The number of likely N-dealkylation sites (tertiary alicyclic amines) is 1. The summed E-state index contributed by atoms with van der Waals surface area (Å²) in [5, 5.41) is 6.37. The molecule has 3 aromatic rings. The summed E-state index contributed by atoms with van der Waals surface area (Å²) >= 11 is 0. The summed E-state index contributed by atoms with van der Waals surface area (Å²) in [6.07, 6.45) is -5.25. The average Bonchev–Trinajstić information content (AvgIpc) is 3.40. The normalized spacial score (nSPS) is 17.9. The third-order valence-corrected chi connectivity index (χ3v) is 5.63. The predicted molar refractivity (Wildman–Crippen MR) is 122 cm³/mol. The molecule has 1 saturated heterocycles. The van der Waals surface area contributed by atoms with Gasteiger partial charge in [-0.05, 0) is 26.0 Å². The number of hydrogen-bond acceptors (Lipinski definition) is 8. The van der Waals surface area contributed by atoms with Crippen molar-refractivity contribution < 1.29 is 36.6 Å². The Kier molecular flexibility index (Phi) is 6.80. The number of ether oxygens (including phenoxy) is 2.